The standard InChI is InChI=1S/C15H18N4O5/c20-15-11-6-14(19(21)22)13(7-12(11)17-9-18-15)16-3-5-23-8-10-2-1-4-24-10/h6-7,9-10,16H,1-5,8H2,(H,17,18,20). The molecule has 2 N–H and O–H groups in total. The largest absolute Gasteiger partial charge is 0.377 e. The van der Waals surface area contributed by atoms with Crippen molar-refractivity contribution in [1.29, 1.82) is 0 Å². The summed E-state index contributed by atoms with van der Waals surface area (Å²) in [6.07, 6.45) is 3.48. The second-order valence-corrected chi connectivity index (χ2v) is 5.51. The van der Waals surface area contributed by atoms with Crippen LogP contribution in [0.25, 0.3) is 10.9 Å². The summed E-state index contributed by atoms with van der Waals surface area (Å²) >= 11 is 0. The molecular weight excluding hydrogens is 316 g/mol. The Morgan fingerprint density at radius 3 is 3.12 bits per heavy atom. The second-order valence-electron chi connectivity index (χ2n) is 5.51. The highest BCUT2D eigenvalue weighted by Crippen LogP contribution is 2.27. The number of nitro groups is 1. The van der Waals surface area contributed by atoms with E-state index < -0.39 is 10.5 Å². The molecule has 1 saturated heterocycles. The van der Waals surface area contributed by atoms with Crippen LogP contribution in [0.2, 0.25) is 0 Å². The van der Waals surface area contributed by atoms with E-state index in [-0.39, 0.29) is 17.2 Å². The minimum Gasteiger partial charge on any atom is -0.377 e. The third-order valence-electron chi connectivity index (χ3n) is 3.84. The molecule has 1 unspecified atom stereocenters. The van der Waals surface area contributed by atoms with E-state index in [1.807, 2.05) is 0 Å². The van der Waals surface area contributed by atoms with Crippen molar-refractivity contribution in [2.45, 2.75) is 18.9 Å². The number of hydrogen-bond donors (Lipinski definition) is 2. The van der Waals surface area contributed by atoms with Crippen LogP contribution in [0.3, 0.4) is 0 Å². The van der Waals surface area contributed by atoms with Gasteiger partial charge in [0, 0.05) is 19.2 Å². The molecule has 24 heavy (non-hydrogen) atoms. The van der Waals surface area contributed by atoms with E-state index >= 15 is 0 Å². The van der Waals surface area contributed by atoms with E-state index in [1.165, 1.54) is 18.5 Å². The van der Waals surface area contributed by atoms with Crippen molar-refractivity contribution >= 4 is 22.3 Å². The number of nitrogens with zero attached hydrogens (tertiary/aromatic N) is 2. The summed E-state index contributed by atoms with van der Waals surface area (Å²) in [4.78, 5) is 28.9. The molecular formula is C15H18N4O5. The van der Waals surface area contributed by atoms with E-state index in [1.54, 1.807) is 0 Å². The van der Waals surface area contributed by atoms with Gasteiger partial charge in [0.1, 0.15) is 5.69 Å². The summed E-state index contributed by atoms with van der Waals surface area (Å²) < 4.78 is 11.0. The van der Waals surface area contributed by atoms with Crippen molar-refractivity contribution in [3.63, 3.8) is 0 Å². The number of rotatable bonds is 7. The van der Waals surface area contributed by atoms with Crippen LogP contribution in [0.5, 0.6) is 0 Å². The van der Waals surface area contributed by atoms with Crippen LogP contribution in [0.15, 0.2) is 23.3 Å². The third kappa shape index (κ3) is 3.69. The molecule has 9 nitrogen and oxygen atoms in total. The van der Waals surface area contributed by atoms with Gasteiger partial charge in [-0.1, -0.05) is 0 Å². The minimum absolute atomic E-state index is 0.149. The van der Waals surface area contributed by atoms with Crippen molar-refractivity contribution in [3.8, 4) is 0 Å². The molecule has 1 aliphatic rings. The molecule has 128 valence electrons. The van der Waals surface area contributed by atoms with Crippen molar-refractivity contribution in [2.75, 3.05) is 31.7 Å². The molecule has 0 spiro atoms. The maximum Gasteiger partial charge on any atom is 0.293 e. The van der Waals surface area contributed by atoms with Crippen molar-refractivity contribution in [2.24, 2.45) is 0 Å². The summed E-state index contributed by atoms with van der Waals surface area (Å²) in [6, 6.07) is 2.74. The van der Waals surface area contributed by atoms with Crippen LogP contribution in [0.4, 0.5) is 11.4 Å². The van der Waals surface area contributed by atoms with Gasteiger partial charge in [-0.2, -0.15) is 0 Å². The third-order valence-corrected chi connectivity index (χ3v) is 3.84. The summed E-state index contributed by atoms with van der Waals surface area (Å²) in [5.74, 6) is 0. The fraction of sp³-hybridized carbons (Fsp3) is 0.467. The molecule has 1 aromatic heterocycles. The zero-order valence-electron chi connectivity index (χ0n) is 13.0. The highest BCUT2D eigenvalue weighted by Gasteiger charge is 2.17. The fourth-order valence-corrected chi connectivity index (χ4v) is 2.64. The predicted octanol–water partition coefficient (Wildman–Crippen LogP) is 1.44. The quantitative estimate of drug-likeness (QED) is 0.446. The first-order valence-electron chi connectivity index (χ1n) is 7.74. The number of hydrogen-bond acceptors (Lipinski definition) is 7. The zero-order valence-corrected chi connectivity index (χ0v) is 13.0. The molecule has 1 atom stereocenters. The van der Waals surface area contributed by atoms with Crippen molar-refractivity contribution < 1.29 is 14.4 Å². The molecule has 1 aromatic carbocycles. The highest BCUT2D eigenvalue weighted by atomic mass is 16.6. The molecule has 0 amide bonds. The summed E-state index contributed by atoms with van der Waals surface area (Å²) in [7, 11) is 0. The molecule has 1 aliphatic heterocycles. The second kappa shape index (κ2) is 7.37. The van der Waals surface area contributed by atoms with Crippen molar-refractivity contribution in [1.82, 2.24) is 9.97 Å². The molecule has 0 bridgehead atoms. The van der Waals surface area contributed by atoms with Gasteiger partial charge in [-0.15, -0.1) is 0 Å². The van der Waals surface area contributed by atoms with Crippen LogP contribution < -0.4 is 10.9 Å². The Balaban J connectivity index is 1.65. The van der Waals surface area contributed by atoms with E-state index in [9.17, 15) is 14.9 Å². The monoisotopic (exact) mass is 334 g/mol. The zero-order chi connectivity index (χ0) is 16.9. The van der Waals surface area contributed by atoms with Gasteiger partial charge in [-0.05, 0) is 18.9 Å². The lowest BCUT2D eigenvalue weighted by atomic mass is 10.2. The number of anilines is 1. The van der Waals surface area contributed by atoms with Gasteiger partial charge >= 0.3 is 0 Å². The van der Waals surface area contributed by atoms with E-state index in [0.29, 0.717) is 31.0 Å². The lowest BCUT2D eigenvalue weighted by Gasteiger charge is -2.11. The lowest BCUT2D eigenvalue weighted by Crippen LogP contribution is -2.18. The van der Waals surface area contributed by atoms with Crippen LogP contribution in [0.1, 0.15) is 12.8 Å². The maximum absolute atomic E-state index is 11.7. The van der Waals surface area contributed by atoms with E-state index in [0.717, 1.165) is 19.4 Å². The number of nitrogens with one attached hydrogen (secondary N) is 2. The number of H-pyrrole nitrogens is 1. The smallest absolute Gasteiger partial charge is 0.293 e. The summed E-state index contributed by atoms with van der Waals surface area (Å²) in [5, 5.41) is 14.4. The minimum atomic E-state index is -0.526. The highest BCUT2D eigenvalue weighted by molar-refractivity contribution is 5.86. The molecule has 2 aromatic rings. The van der Waals surface area contributed by atoms with Crippen LogP contribution >= 0.6 is 0 Å². The van der Waals surface area contributed by atoms with Gasteiger partial charge in [0.25, 0.3) is 11.2 Å². The summed E-state index contributed by atoms with van der Waals surface area (Å²) in [6.45, 7) is 2.11. The summed E-state index contributed by atoms with van der Waals surface area (Å²) in [5.41, 5.74) is 0.133. The molecule has 1 fully saturated rings. The first-order valence-corrected chi connectivity index (χ1v) is 7.74. The van der Waals surface area contributed by atoms with Gasteiger partial charge in [-0.25, -0.2) is 4.98 Å². The van der Waals surface area contributed by atoms with E-state index in [4.69, 9.17) is 9.47 Å². The van der Waals surface area contributed by atoms with Gasteiger partial charge < -0.3 is 19.8 Å². The van der Waals surface area contributed by atoms with Gasteiger partial charge in [-0.3, -0.25) is 14.9 Å². The Morgan fingerprint density at radius 1 is 1.50 bits per heavy atom. The molecule has 2 heterocycles. The van der Waals surface area contributed by atoms with E-state index in [2.05, 4.69) is 15.3 Å². The van der Waals surface area contributed by atoms with Gasteiger partial charge in [0.05, 0.1) is 41.5 Å². The maximum atomic E-state index is 11.7. The first-order chi connectivity index (χ1) is 11.6. The average molecular weight is 334 g/mol. The van der Waals surface area contributed by atoms with Crippen LogP contribution in [-0.4, -0.2) is 47.4 Å². The Hall–Kier alpha value is -2.52. The fourth-order valence-electron chi connectivity index (χ4n) is 2.64. The molecule has 0 radical (unpaired) electrons. The number of aromatic amines is 1. The van der Waals surface area contributed by atoms with Crippen LogP contribution in [-0.2, 0) is 9.47 Å². The van der Waals surface area contributed by atoms with Crippen molar-refractivity contribution in [3.05, 3.63) is 38.9 Å². The number of ether oxygens (including phenoxy) is 2. The van der Waals surface area contributed by atoms with Crippen LogP contribution in [0, 0.1) is 10.1 Å². The molecule has 3 rings (SSSR count). The lowest BCUT2D eigenvalue weighted by molar-refractivity contribution is -0.383. The Kier molecular flexibility index (Phi) is 5.02. The number of benzene rings is 1. The van der Waals surface area contributed by atoms with Gasteiger partial charge in [0.15, 0.2) is 0 Å². The number of fused-ring (bicyclic) bond motifs is 1. The predicted molar refractivity (Wildman–Crippen MR) is 87.3 cm³/mol. The normalized spacial score (nSPS) is 17.2. The number of nitro benzene ring substituents is 1. The Bertz CT molecular complexity index is 785. The topological polar surface area (TPSA) is 119 Å². The number of aromatic nitrogens is 2. The molecule has 9 heteroatoms. The Morgan fingerprint density at radius 2 is 2.38 bits per heavy atom. The molecule has 0 aliphatic carbocycles. The average Bonchev–Trinajstić information content (AvgIpc) is 3.07. The SMILES string of the molecule is O=c1[nH]cnc2cc(NCCOCC3CCCO3)c([N+](=O)[O-])cc12. The first kappa shape index (κ1) is 16.3. The Labute approximate surface area is 137 Å². The van der Waals surface area contributed by atoms with Gasteiger partial charge in [0.2, 0.25) is 0 Å². The molecule has 0 saturated carbocycles.